The second-order valence-corrected chi connectivity index (χ2v) is 8.46. The van der Waals surface area contributed by atoms with Crippen molar-refractivity contribution in [3.63, 3.8) is 0 Å². The average molecular weight is 406 g/mol. The summed E-state index contributed by atoms with van der Waals surface area (Å²) < 4.78 is 6.18. The first-order chi connectivity index (χ1) is 14.6. The van der Waals surface area contributed by atoms with Gasteiger partial charge in [-0.15, -0.1) is 0 Å². The molecule has 4 nitrogen and oxygen atoms in total. The van der Waals surface area contributed by atoms with Crippen LogP contribution in [0.25, 0.3) is 22.3 Å². The molecule has 2 heterocycles. The van der Waals surface area contributed by atoms with Crippen LogP contribution < -0.4 is 0 Å². The second-order valence-electron chi connectivity index (χ2n) is 8.46. The molecule has 1 aliphatic rings. The Morgan fingerprint density at radius 3 is 2.77 bits per heavy atom. The minimum absolute atomic E-state index is 0.200. The Morgan fingerprint density at radius 2 is 2.00 bits per heavy atom. The Hall–Kier alpha value is -2.59. The van der Waals surface area contributed by atoms with Gasteiger partial charge in [-0.25, -0.2) is 0 Å². The van der Waals surface area contributed by atoms with Crippen LogP contribution in [0.2, 0.25) is 0 Å². The number of carboxylic acids is 1. The highest BCUT2D eigenvalue weighted by molar-refractivity contribution is 5.83. The number of carbonyl (C=O) groups is 1. The fourth-order valence-electron chi connectivity index (χ4n) is 4.62. The highest BCUT2D eigenvalue weighted by atomic mass is 16.4. The first kappa shape index (κ1) is 20.7. The molecule has 1 aliphatic heterocycles. The maximum absolute atomic E-state index is 10.8. The van der Waals surface area contributed by atoms with Crippen LogP contribution in [0.3, 0.4) is 0 Å². The number of rotatable bonds is 8. The SMILES string of the molecule is CCCC(CC)c1ccc2oc(-c3ccc4c(c3)CCN(CCC(=O)O)C4)cc2c1. The summed E-state index contributed by atoms with van der Waals surface area (Å²) in [6.07, 6.45) is 4.74. The molecule has 1 atom stereocenters. The minimum Gasteiger partial charge on any atom is -0.481 e. The highest BCUT2D eigenvalue weighted by Crippen LogP contribution is 2.33. The van der Waals surface area contributed by atoms with Crippen molar-refractivity contribution in [1.82, 2.24) is 4.90 Å². The summed E-state index contributed by atoms with van der Waals surface area (Å²) in [5, 5.41) is 10.1. The maximum atomic E-state index is 10.8. The van der Waals surface area contributed by atoms with Crippen LogP contribution in [-0.2, 0) is 17.8 Å². The van der Waals surface area contributed by atoms with Gasteiger partial charge in [-0.05, 0) is 66.1 Å². The van der Waals surface area contributed by atoms with Crippen LogP contribution in [0, 0.1) is 0 Å². The number of carboxylic acid groups (broad SMARTS) is 1. The van der Waals surface area contributed by atoms with E-state index in [4.69, 9.17) is 9.52 Å². The molecule has 0 saturated heterocycles. The summed E-state index contributed by atoms with van der Waals surface area (Å²) in [4.78, 5) is 13.1. The molecule has 1 aromatic heterocycles. The predicted molar refractivity (Wildman–Crippen MR) is 121 cm³/mol. The molecule has 158 valence electrons. The van der Waals surface area contributed by atoms with Crippen molar-refractivity contribution < 1.29 is 14.3 Å². The van der Waals surface area contributed by atoms with Crippen molar-refractivity contribution in [1.29, 1.82) is 0 Å². The highest BCUT2D eigenvalue weighted by Gasteiger charge is 2.18. The van der Waals surface area contributed by atoms with E-state index >= 15 is 0 Å². The lowest BCUT2D eigenvalue weighted by Crippen LogP contribution is -2.32. The second kappa shape index (κ2) is 9.05. The topological polar surface area (TPSA) is 53.7 Å². The molecule has 1 unspecified atom stereocenters. The molecule has 0 fully saturated rings. The lowest BCUT2D eigenvalue weighted by molar-refractivity contribution is -0.137. The third kappa shape index (κ3) is 4.44. The van der Waals surface area contributed by atoms with E-state index in [1.165, 1.54) is 41.3 Å². The van der Waals surface area contributed by atoms with Gasteiger partial charge in [-0.3, -0.25) is 9.69 Å². The average Bonchev–Trinajstić information content (AvgIpc) is 3.19. The quantitative estimate of drug-likeness (QED) is 0.483. The molecule has 0 spiro atoms. The summed E-state index contributed by atoms with van der Waals surface area (Å²) in [6.45, 7) is 6.85. The van der Waals surface area contributed by atoms with Crippen LogP contribution in [0.15, 0.2) is 46.9 Å². The summed E-state index contributed by atoms with van der Waals surface area (Å²) in [5.74, 6) is 0.802. The van der Waals surface area contributed by atoms with Gasteiger partial charge >= 0.3 is 5.97 Å². The number of furan rings is 1. The minimum atomic E-state index is -0.732. The Morgan fingerprint density at radius 1 is 1.13 bits per heavy atom. The van der Waals surface area contributed by atoms with Gasteiger partial charge in [0.2, 0.25) is 0 Å². The van der Waals surface area contributed by atoms with Gasteiger partial charge in [-0.2, -0.15) is 0 Å². The summed E-state index contributed by atoms with van der Waals surface area (Å²) >= 11 is 0. The smallest absolute Gasteiger partial charge is 0.304 e. The molecular formula is C26H31NO3. The normalized spacial score (nSPS) is 15.3. The number of benzene rings is 2. The van der Waals surface area contributed by atoms with Crippen LogP contribution in [0.1, 0.15) is 62.1 Å². The van der Waals surface area contributed by atoms with E-state index in [0.717, 1.165) is 36.4 Å². The molecule has 0 amide bonds. The van der Waals surface area contributed by atoms with E-state index in [1.807, 2.05) is 0 Å². The molecule has 0 saturated carbocycles. The van der Waals surface area contributed by atoms with E-state index in [9.17, 15) is 4.79 Å². The number of hydrogen-bond acceptors (Lipinski definition) is 3. The largest absolute Gasteiger partial charge is 0.481 e. The molecule has 3 aromatic rings. The van der Waals surface area contributed by atoms with Crippen molar-refractivity contribution in [2.24, 2.45) is 0 Å². The molecule has 1 N–H and O–H groups in total. The first-order valence-electron chi connectivity index (χ1n) is 11.2. The molecular weight excluding hydrogens is 374 g/mol. The Balaban J connectivity index is 1.55. The standard InChI is InChI=1S/C26H31NO3/c1-3-5-18(4-2)19-8-9-24-23(15-19)16-25(30-24)21-6-7-22-17-27(13-11-26(28)29)12-10-20(22)14-21/h6-9,14-16,18H,3-5,10-13,17H2,1-2H3,(H,28,29). The summed E-state index contributed by atoms with van der Waals surface area (Å²) in [5.41, 5.74) is 6.10. The number of nitrogens with zero attached hydrogens (tertiary/aromatic N) is 1. The third-order valence-corrected chi connectivity index (χ3v) is 6.37. The molecule has 0 bridgehead atoms. The molecule has 2 aromatic carbocycles. The molecule has 4 rings (SSSR count). The third-order valence-electron chi connectivity index (χ3n) is 6.37. The van der Waals surface area contributed by atoms with Crippen LogP contribution >= 0.6 is 0 Å². The predicted octanol–water partition coefficient (Wildman–Crippen LogP) is 6.23. The zero-order valence-electron chi connectivity index (χ0n) is 18.0. The van der Waals surface area contributed by atoms with E-state index in [-0.39, 0.29) is 6.42 Å². The Bertz CT molecular complexity index is 1040. The number of hydrogen-bond donors (Lipinski definition) is 1. The van der Waals surface area contributed by atoms with Gasteiger partial charge < -0.3 is 9.52 Å². The van der Waals surface area contributed by atoms with Gasteiger partial charge in [0, 0.05) is 30.6 Å². The van der Waals surface area contributed by atoms with E-state index in [1.54, 1.807) is 0 Å². The zero-order valence-corrected chi connectivity index (χ0v) is 18.0. The monoisotopic (exact) mass is 405 g/mol. The van der Waals surface area contributed by atoms with Gasteiger partial charge in [0.1, 0.15) is 11.3 Å². The molecule has 0 aliphatic carbocycles. The van der Waals surface area contributed by atoms with Crippen molar-refractivity contribution in [3.05, 3.63) is 59.2 Å². The van der Waals surface area contributed by atoms with Crippen molar-refractivity contribution >= 4 is 16.9 Å². The van der Waals surface area contributed by atoms with E-state index in [0.29, 0.717) is 12.5 Å². The Labute approximate surface area is 178 Å². The Kier molecular flexibility index (Phi) is 6.24. The van der Waals surface area contributed by atoms with Crippen LogP contribution in [0.4, 0.5) is 0 Å². The fraction of sp³-hybridized carbons (Fsp3) is 0.423. The van der Waals surface area contributed by atoms with Crippen molar-refractivity contribution in [2.75, 3.05) is 13.1 Å². The fourth-order valence-corrected chi connectivity index (χ4v) is 4.62. The molecule has 4 heteroatoms. The summed E-state index contributed by atoms with van der Waals surface area (Å²) in [7, 11) is 0. The van der Waals surface area contributed by atoms with Crippen molar-refractivity contribution in [2.45, 2.75) is 58.4 Å². The lowest BCUT2D eigenvalue weighted by Gasteiger charge is -2.28. The van der Waals surface area contributed by atoms with Crippen LogP contribution in [0.5, 0.6) is 0 Å². The van der Waals surface area contributed by atoms with E-state index in [2.05, 4.69) is 61.2 Å². The molecule has 0 radical (unpaired) electrons. The van der Waals surface area contributed by atoms with E-state index < -0.39 is 5.97 Å². The maximum Gasteiger partial charge on any atom is 0.304 e. The molecule has 30 heavy (non-hydrogen) atoms. The zero-order chi connectivity index (χ0) is 21.1. The van der Waals surface area contributed by atoms with Gasteiger partial charge in [0.25, 0.3) is 0 Å². The van der Waals surface area contributed by atoms with Gasteiger partial charge in [0.05, 0.1) is 6.42 Å². The van der Waals surface area contributed by atoms with Crippen molar-refractivity contribution in [3.8, 4) is 11.3 Å². The lowest BCUT2D eigenvalue weighted by atomic mass is 9.91. The first-order valence-corrected chi connectivity index (χ1v) is 11.2. The van der Waals surface area contributed by atoms with Gasteiger partial charge in [0.15, 0.2) is 0 Å². The van der Waals surface area contributed by atoms with Crippen LogP contribution in [-0.4, -0.2) is 29.1 Å². The number of fused-ring (bicyclic) bond motifs is 2. The van der Waals surface area contributed by atoms with Gasteiger partial charge in [-0.1, -0.05) is 38.5 Å². The number of aliphatic carboxylic acids is 1. The summed E-state index contributed by atoms with van der Waals surface area (Å²) in [6, 6.07) is 15.3.